The smallest absolute Gasteiger partial charge is 0.160 e. The van der Waals surface area contributed by atoms with Crippen LogP contribution in [0.2, 0.25) is 0 Å². The predicted octanol–water partition coefficient (Wildman–Crippen LogP) is 3.01. The Bertz CT molecular complexity index is 428. The van der Waals surface area contributed by atoms with Crippen LogP contribution in [-0.4, -0.2) is 24.1 Å². The van der Waals surface area contributed by atoms with Crippen LogP contribution in [0.3, 0.4) is 0 Å². The molecule has 4 nitrogen and oxygen atoms in total. The van der Waals surface area contributed by atoms with Gasteiger partial charge in [-0.25, -0.2) is 9.97 Å². The maximum absolute atomic E-state index is 5.91. The van der Waals surface area contributed by atoms with E-state index in [0.717, 1.165) is 36.6 Å². The molecule has 1 aliphatic carbocycles. The van der Waals surface area contributed by atoms with E-state index >= 15 is 0 Å². The average Bonchev–Trinajstić information content (AvgIpc) is 2.69. The van der Waals surface area contributed by atoms with Crippen molar-refractivity contribution in [3.63, 3.8) is 0 Å². The van der Waals surface area contributed by atoms with E-state index < -0.39 is 0 Å². The fraction of sp³-hybridized carbons (Fsp3) is 0.750. The molecule has 1 fully saturated rings. The van der Waals surface area contributed by atoms with Crippen LogP contribution >= 0.6 is 0 Å². The lowest BCUT2D eigenvalue weighted by Crippen LogP contribution is -2.31. The number of aryl methyl sites for hydroxylation is 2. The van der Waals surface area contributed by atoms with Gasteiger partial charge in [0, 0.05) is 30.6 Å². The first kappa shape index (κ1) is 15.4. The van der Waals surface area contributed by atoms with Crippen LogP contribution in [0, 0.1) is 13.8 Å². The van der Waals surface area contributed by atoms with Crippen LogP contribution in [0.1, 0.15) is 61.3 Å². The Hall–Kier alpha value is -1.00. The zero-order chi connectivity index (χ0) is 14.6. The van der Waals surface area contributed by atoms with Crippen LogP contribution in [-0.2, 0) is 16.9 Å². The first-order chi connectivity index (χ1) is 9.63. The zero-order valence-electron chi connectivity index (χ0n) is 13.3. The van der Waals surface area contributed by atoms with Gasteiger partial charge in [0.05, 0.1) is 0 Å². The number of methoxy groups -OCH3 is 1. The fourth-order valence-electron chi connectivity index (χ4n) is 3.19. The summed E-state index contributed by atoms with van der Waals surface area (Å²) >= 11 is 0. The van der Waals surface area contributed by atoms with E-state index in [2.05, 4.69) is 19.2 Å². The van der Waals surface area contributed by atoms with Gasteiger partial charge in [0.15, 0.2) is 5.82 Å². The third-order valence-corrected chi connectivity index (χ3v) is 4.48. The second kappa shape index (κ2) is 6.64. The maximum Gasteiger partial charge on any atom is 0.160 e. The van der Waals surface area contributed by atoms with Gasteiger partial charge >= 0.3 is 0 Å². The highest BCUT2D eigenvalue weighted by Gasteiger charge is 2.36. The van der Waals surface area contributed by atoms with Gasteiger partial charge in [-0.1, -0.05) is 25.7 Å². The molecule has 0 amide bonds. The van der Waals surface area contributed by atoms with Crippen molar-refractivity contribution >= 4 is 0 Å². The summed E-state index contributed by atoms with van der Waals surface area (Å²) in [7, 11) is 3.76. The Kier molecular flexibility index (Phi) is 5.11. The minimum Gasteiger partial charge on any atom is -0.370 e. The number of nitrogens with one attached hydrogen (secondary N) is 1. The molecule has 112 valence electrons. The minimum absolute atomic E-state index is 0.274. The molecule has 0 radical (unpaired) electrons. The summed E-state index contributed by atoms with van der Waals surface area (Å²) in [6.07, 6.45) is 7.06. The summed E-state index contributed by atoms with van der Waals surface area (Å²) in [5, 5.41) is 3.19. The minimum atomic E-state index is -0.274. The summed E-state index contributed by atoms with van der Waals surface area (Å²) in [6.45, 7) is 4.97. The second-order valence-corrected chi connectivity index (χ2v) is 5.84. The van der Waals surface area contributed by atoms with Crippen LogP contribution in [0.15, 0.2) is 0 Å². The summed E-state index contributed by atoms with van der Waals surface area (Å²) in [5.41, 5.74) is 3.07. The molecule has 1 heterocycles. The Balaban J connectivity index is 2.39. The highest BCUT2D eigenvalue weighted by atomic mass is 16.5. The van der Waals surface area contributed by atoms with Crippen LogP contribution in [0.5, 0.6) is 0 Å². The van der Waals surface area contributed by atoms with Crippen molar-refractivity contribution in [2.45, 2.75) is 64.5 Å². The van der Waals surface area contributed by atoms with Gasteiger partial charge in [-0.3, -0.25) is 0 Å². The molecule has 0 bridgehead atoms. The lowest BCUT2D eigenvalue weighted by atomic mass is 9.92. The Morgan fingerprint density at radius 1 is 1.05 bits per heavy atom. The number of aromatic nitrogens is 2. The second-order valence-electron chi connectivity index (χ2n) is 5.84. The van der Waals surface area contributed by atoms with E-state index in [1.807, 2.05) is 7.05 Å². The molecular formula is C16H27N3O. The Morgan fingerprint density at radius 3 is 2.05 bits per heavy atom. The molecule has 2 rings (SSSR count). The maximum atomic E-state index is 5.91. The van der Waals surface area contributed by atoms with Gasteiger partial charge in [-0.2, -0.15) is 0 Å². The summed E-state index contributed by atoms with van der Waals surface area (Å²) in [5.74, 6) is 0.886. The molecule has 0 spiro atoms. The molecule has 1 N–H and O–H groups in total. The number of ether oxygens (including phenoxy) is 1. The molecule has 0 unspecified atom stereocenters. The molecule has 1 saturated carbocycles. The molecule has 0 atom stereocenters. The topological polar surface area (TPSA) is 47.0 Å². The molecule has 4 heteroatoms. The summed E-state index contributed by atoms with van der Waals surface area (Å²) in [4.78, 5) is 9.57. The predicted molar refractivity (Wildman–Crippen MR) is 80.7 cm³/mol. The quantitative estimate of drug-likeness (QED) is 0.859. The Morgan fingerprint density at radius 2 is 1.60 bits per heavy atom. The van der Waals surface area contributed by atoms with Crippen molar-refractivity contribution in [3.8, 4) is 0 Å². The van der Waals surface area contributed by atoms with Crippen molar-refractivity contribution in [2.75, 3.05) is 14.2 Å². The van der Waals surface area contributed by atoms with E-state index in [4.69, 9.17) is 14.7 Å². The van der Waals surface area contributed by atoms with Crippen LogP contribution < -0.4 is 5.32 Å². The molecule has 0 aromatic carbocycles. The molecule has 1 aromatic rings. The van der Waals surface area contributed by atoms with E-state index in [-0.39, 0.29) is 5.60 Å². The molecule has 1 aliphatic rings. The SMILES string of the molecule is CNCc1c(C)nc(C2(OC)CCCCCC2)nc1C. The van der Waals surface area contributed by atoms with Gasteiger partial charge in [0.1, 0.15) is 5.60 Å². The molecule has 20 heavy (non-hydrogen) atoms. The highest BCUT2D eigenvalue weighted by Crippen LogP contribution is 2.37. The average molecular weight is 277 g/mol. The highest BCUT2D eigenvalue weighted by molar-refractivity contribution is 5.25. The van der Waals surface area contributed by atoms with Crippen molar-refractivity contribution in [3.05, 3.63) is 22.8 Å². The first-order valence-corrected chi connectivity index (χ1v) is 7.67. The molecule has 0 saturated heterocycles. The number of hydrogen-bond donors (Lipinski definition) is 1. The zero-order valence-corrected chi connectivity index (χ0v) is 13.3. The van der Waals surface area contributed by atoms with Gasteiger partial charge in [-0.15, -0.1) is 0 Å². The van der Waals surface area contributed by atoms with Gasteiger partial charge in [-0.05, 0) is 33.7 Å². The van der Waals surface area contributed by atoms with Crippen LogP contribution in [0.25, 0.3) is 0 Å². The lowest BCUT2D eigenvalue weighted by Gasteiger charge is -2.30. The number of rotatable bonds is 4. The van der Waals surface area contributed by atoms with Crippen molar-refractivity contribution in [1.82, 2.24) is 15.3 Å². The van der Waals surface area contributed by atoms with Gasteiger partial charge < -0.3 is 10.1 Å². The monoisotopic (exact) mass is 277 g/mol. The largest absolute Gasteiger partial charge is 0.370 e. The number of nitrogens with zero attached hydrogens (tertiary/aromatic N) is 2. The van der Waals surface area contributed by atoms with Crippen molar-refractivity contribution in [1.29, 1.82) is 0 Å². The van der Waals surface area contributed by atoms with Gasteiger partial charge in [0.25, 0.3) is 0 Å². The van der Waals surface area contributed by atoms with Crippen molar-refractivity contribution in [2.24, 2.45) is 0 Å². The molecule has 0 aliphatic heterocycles. The summed E-state index contributed by atoms with van der Waals surface area (Å²) in [6, 6.07) is 0. The van der Waals surface area contributed by atoms with E-state index in [0.29, 0.717) is 0 Å². The molecular weight excluding hydrogens is 250 g/mol. The summed E-state index contributed by atoms with van der Waals surface area (Å²) < 4.78 is 5.91. The normalized spacial score (nSPS) is 18.8. The van der Waals surface area contributed by atoms with Crippen molar-refractivity contribution < 1.29 is 4.74 Å². The van der Waals surface area contributed by atoms with Gasteiger partial charge in [0.2, 0.25) is 0 Å². The van der Waals surface area contributed by atoms with Crippen LogP contribution in [0.4, 0.5) is 0 Å². The number of hydrogen-bond acceptors (Lipinski definition) is 4. The first-order valence-electron chi connectivity index (χ1n) is 7.67. The third-order valence-electron chi connectivity index (χ3n) is 4.48. The van der Waals surface area contributed by atoms with E-state index in [9.17, 15) is 0 Å². The lowest BCUT2D eigenvalue weighted by molar-refractivity contribution is -0.0354. The fourth-order valence-corrected chi connectivity index (χ4v) is 3.19. The standard InChI is InChI=1S/C16H27N3O/c1-12-14(11-17-3)13(2)19-15(18-12)16(20-4)9-7-5-6-8-10-16/h17H,5-11H2,1-4H3. The Labute approximate surface area is 122 Å². The molecule has 1 aromatic heterocycles. The van der Waals surface area contributed by atoms with E-state index in [1.54, 1.807) is 7.11 Å². The third kappa shape index (κ3) is 3.01. The van der Waals surface area contributed by atoms with E-state index in [1.165, 1.54) is 31.2 Å².